The first-order valence-corrected chi connectivity index (χ1v) is 4.24. The van der Waals surface area contributed by atoms with E-state index in [-0.39, 0.29) is 16.8 Å². The van der Waals surface area contributed by atoms with Crippen LogP contribution in [0.2, 0.25) is 0 Å². The first kappa shape index (κ1) is 10.7. The van der Waals surface area contributed by atoms with Gasteiger partial charge in [-0.1, -0.05) is 0 Å². The molecule has 0 aliphatic heterocycles. The van der Waals surface area contributed by atoms with E-state index in [0.717, 1.165) is 0 Å². The highest BCUT2D eigenvalue weighted by atomic mass is 19.3. The SMILES string of the molecule is Nc1ccc2nc(C(F)(F)C(F)F)oc2c1. The maximum absolute atomic E-state index is 12.9. The van der Waals surface area contributed by atoms with Crippen LogP contribution in [0.1, 0.15) is 5.89 Å². The molecule has 1 heterocycles. The van der Waals surface area contributed by atoms with Crippen LogP contribution in [0.4, 0.5) is 23.2 Å². The molecule has 2 aromatic rings. The van der Waals surface area contributed by atoms with Crippen molar-refractivity contribution in [1.29, 1.82) is 0 Å². The predicted octanol–water partition coefficient (Wildman–Crippen LogP) is 2.77. The molecule has 0 aliphatic carbocycles. The summed E-state index contributed by atoms with van der Waals surface area (Å²) in [4.78, 5) is 3.29. The van der Waals surface area contributed by atoms with Crippen LogP contribution >= 0.6 is 0 Å². The van der Waals surface area contributed by atoms with Crippen molar-refractivity contribution < 1.29 is 22.0 Å². The van der Waals surface area contributed by atoms with Crippen molar-refractivity contribution in [2.24, 2.45) is 0 Å². The van der Waals surface area contributed by atoms with E-state index in [9.17, 15) is 17.6 Å². The number of aromatic nitrogens is 1. The van der Waals surface area contributed by atoms with Gasteiger partial charge < -0.3 is 10.2 Å². The maximum atomic E-state index is 12.9. The van der Waals surface area contributed by atoms with Crippen molar-refractivity contribution in [3.8, 4) is 0 Å². The van der Waals surface area contributed by atoms with Gasteiger partial charge in [-0.3, -0.25) is 0 Å². The molecule has 16 heavy (non-hydrogen) atoms. The largest absolute Gasteiger partial charge is 0.435 e. The van der Waals surface area contributed by atoms with E-state index in [2.05, 4.69) is 9.40 Å². The molecule has 0 unspecified atom stereocenters. The third-order valence-electron chi connectivity index (χ3n) is 1.97. The third-order valence-corrected chi connectivity index (χ3v) is 1.97. The molecule has 0 aliphatic rings. The summed E-state index contributed by atoms with van der Waals surface area (Å²) in [5.74, 6) is -5.70. The van der Waals surface area contributed by atoms with Gasteiger partial charge in [0.15, 0.2) is 5.58 Å². The fourth-order valence-corrected chi connectivity index (χ4v) is 1.18. The van der Waals surface area contributed by atoms with Gasteiger partial charge in [0.2, 0.25) is 0 Å². The molecular formula is C9H6F4N2O. The Labute approximate surface area is 86.9 Å². The van der Waals surface area contributed by atoms with E-state index in [1.807, 2.05) is 0 Å². The smallest absolute Gasteiger partial charge is 0.381 e. The summed E-state index contributed by atoms with van der Waals surface area (Å²) in [5.41, 5.74) is 5.67. The topological polar surface area (TPSA) is 52.0 Å². The Kier molecular flexibility index (Phi) is 2.25. The molecule has 0 radical (unpaired) electrons. The monoisotopic (exact) mass is 234 g/mol. The van der Waals surface area contributed by atoms with Crippen LogP contribution in [0.15, 0.2) is 22.6 Å². The molecular weight excluding hydrogens is 228 g/mol. The lowest BCUT2D eigenvalue weighted by Gasteiger charge is -2.09. The van der Waals surface area contributed by atoms with E-state index >= 15 is 0 Å². The molecule has 86 valence electrons. The molecule has 3 nitrogen and oxygen atoms in total. The predicted molar refractivity (Wildman–Crippen MR) is 48.3 cm³/mol. The minimum atomic E-state index is -4.40. The zero-order valence-corrected chi connectivity index (χ0v) is 7.75. The number of oxazole rings is 1. The second kappa shape index (κ2) is 3.36. The van der Waals surface area contributed by atoms with E-state index in [4.69, 9.17) is 5.73 Å². The van der Waals surface area contributed by atoms with E-state index < -0.39 is 18.2 Å². The lowest BCUT2D eigenvalue weighted by atomic mass is 10.3. The second-order valence-electron chi connectivity index (χ2n) is 3.17. The van der Waals surface area contributed by atoms with Crippen LogP contribution in [-0.4, -0.2) is 11.4 Å². The number of nitrogens with zero attached hydrogens (tertiary/aromatic N) is 1. The quantitative estimate of drug-likeness (QED) is 0.642. The van der Waals surface area contributed by atoms with Gasteiger partial charge in [-0.15, -0.1) is 0 Å². The number of fused-ring (bicyclic) bond motifs is 1. The highest BCUT2D eigenvalue weighted by Gasteiger charge is 2.47. The first-order chi connectivity index (χ1) is 7.41. The molecule has 0 saturated carbocycles. The van der Waals surface area contributed by atoms with Crippen molar-refractivity contribution in [2.75, 3.05) is 5.73 Å². The van der Waals surface area contributed by atoms with Crippen molar-refractivity contribution in [1.82, 2.24) is 4.98 Å². The number of hydrogen-bond acceptors (Lipinski definition) is 3. The Balaban J connectivity index is 2.55. The maximum Gasteiger partial charge on any atom is 0.381 e. The van der Waals surface area contributed by atoms with Crippen LogP contribution in [0, 0.1) is 0 Å². The molecule has 0 saturated heterocycles. The van der Waals surface area contributed by atoms with Crippen molar-refractivity contribution in [3.63, 3.8) is 0 Å². The molecule has 0 bridgehead atoms. The number of rotatable bonds is 2. The van der Waals surface area contributed by atoms with E-state index in [0.29, 0.717) is 0 Å². The molecule has 0 spiro atoms. The standard InChI is InChI=1S/C9H6F4N2O/c10-7(11)9(12,13)8-15-5-2-1-4(14)3-6(5)16-8/h1-3,7H,14H2. The van der Waals surface area contributed by atoms with Gasteiger partial charge in [-0.25, -0.2) is 13.8 Å². The fourth-order valence-electron chi connectivity index (χ4n) is 1.18. The van der Waals surface area contributed by atoms with Crippen molar-refractivity contribution in [2.45, 2.75) is 12.3 Å². The highest BCUT2D eigenvalue weighted by molar-refractivity contribution is 5.76. The van der Waals surface area contributed by atoms with Gasteiger partial charge in [0.25, 0.3) is 5.89 Å². The Hall–Kier alpha value is -1.79. The van der Waals surface area contributed by atoms with Gasteiger partial charge in [-0.2, -0.15) is 8.78 Å². The summed E-state index contributed by atoms with van der Waals surface area (Å²) < 4.78 is 54.4. The lowest BCUT2D eigenvalue weighted by Crippen LogP contribution is -2.23. The minimum absolute atomic E-state index is 0.0460. The van der Waals surface area contributed by atoms with Gasteiger partial charge in [0.1, 0.15) is 5.52 Å². The Bertz CT molecular complexity index is 523. The zero-order valence-electron chi connectivity index (χ0n) is 7.75. The summed E-state index contributed by atoms with van der Waals surface area (Å²) in [5, 5.41) is 0. The third kappa shape index (κ3) is 1.58. The molecule has 2 N–H and O–H groups in total. The van der Waals surface area contributed by atoms with Crippen LogP contribution in [0.5, 0.6) is 0 Å². The second-order valence-corrected chi connectivity index (χ2v) is 3.17. The molecule has 1 aromatic carbocycles. The number of benzene rings is 1. The van der Waals surface area contributed by atoms with E-state index in [1.165, 1.54) is 18.2 Å². The van der Waals surface area contributed by atoms with E-state index in [1.54, 1.807) is 0 Å². The molecule has 0 amide bonds. The Morgan fingerprint density at radius 1 is 1.31 bits per heavy atom. The van der Waals surface area contributed by atoms with Crippen LogP contribution in [-0.2, 0) is 5.92 Å². The number of alkyl halides is 4. The van der Waals surface area contributed by atoms with Gasteiger partial charge in [-0.05, 0) is 12.1 Å². The molecule has 1 aromatic heterocycles. The summed E-state index contributed by atoms with van der Waals surface area (Å²) in [6, 6.07) is 3.97. The number of nitrogens with two attached hydrogens (primary N) is 1. The number of halogens is 4. The molecule has 0 atom stereocenters. The number of nitrogen functional groups attached to an aromatic ring is 1. The Morgan fingerprint density at radius 3 is 2.62 bits per heavy atom. The average molecular weight is 234 g/mol. The van der Waals surface area contributed by atoms with Gasteiger partial charge >= 0.3 is 12.3 Å². The molecule has 7 heteroatoms. The molecule has 2 rings (SSSR count). The van der Waals surface area contributed by atoms with Crippen LogP contribution < -0.4 is 5.73 Å². The minimum Gasteiger partial charge on any atom is -0.435 e. The normalized spacial score (nSPS) is 12.6. The summed E-state index contributed by atoms with van der Waals surface area (Å²) in [6.45, 7) is 0. The van der Waals surface area contributed by atoms with Gasteiger partial charge in [0.05, 0.1) is 0 Å². The Morgan fingerprint density at radius 2 is 2.00 bits per heavy atom. The fraction of sp³-hybridized carbons (Fsp3) is 0.222. The van der Waals surface area contributed by atoms with Crippen molar-refractivity contribution >= 4 is 16.8 Å². The van der Waals surface area contributed by atoms with Crippen LogP contribution in [0.25, 0.3) is 11.1 Å². The zero-order chi connectivity index (χ0) is 11.9. The lowest BCUT2D eigenvalue weighted by molar-refractivity contribution is -0.150. The van der Waals surface area contributed by atoms with Crippen molar-refractivity contribution in [3.05, 3.63) is 24.1 Å². The summed E-state index contributed by atoms with van der Waals surface area (Å²) >= 11 is 0. The number of hydrogen-bond donors (Lipinski definition) is 1. The highest BCUT2D eigenvalue weighted by Crippen LogP contribution is 2.35. The first-order valence-electron chi connectivity index (χ1n) is 4.24. The van der Waals surface area contributed by atoms with Gasteiger partial charge in [0, 0.05) is 11.8 Å². The number of anilines is 1. The van der Waals surface area contributed by atoms with Crippen LogP contribution in [0.3, 0.4) is 0 Å². The summed E-state index contributed by atoms with van der Waals surface area (Å²) in [6.07, 6.45) is -3.86. The average Bonchev–Trinajstić information content (AvgIpc) is 2.60. The molecule has 0 fully saturated rings. The summed E-state index contributed by atoms with van der Waals surface area (Å²) in [7, 11) is 0.